The fourth-order valence-corrected chi connectivity index (χ4v) is 5.78. The summed E-state index contributed by atoms with van der Waals surface area (Å²) in [7, 11) is 0. The van der Waals surface area contributed by atoms with E-state index in [2.05, 4.69) is 63.0 Å². The Morgan fingerprint density at radius 1 is 0.721 bits per heavy atom. The van der Waals surface area contributed by atoms with Crippen molar-refractivity contribution < 1.29 is 18.3 Å². The van der Waals surface area contributed by atoms with Gasteiger partial charge in [-0.3, -0.25) is 0 Å². The number of hydrogen-bond donors (Lipinski definition) is 1. The Hall–Kier alpha value is -4.13. The molecule has 0 unspecified atom stereocenters. The van der Waals surface area contributed by atoms with Crippen LogP contribution in [0.4, 0.5) is 13.2 Å². The second-order valence-corrected chi connectivity index (χ2v) is 12.5. The summed E-state index contributed by atoms with van der Waals surface area (Å²) in [6.45, 7) is 10.8. The van der Waals surface area contributed by atoms with E-state index in [1.807, 2.05) is 24.3 Å². The van der Waals surface area contributed by atoms with Gasteiger partial charge in [0.15, 0.2) is 0 Å². The number of phenolic OH excluding ortho intramolecular Hbond substituents is 1. The molecule has 0 radical (unpaired) electrons. The zero-order valence-corrected chi connectivity index (χ0v) is 25.3. The third kappa shape index (κ3) is 6.03. The average molecular weight is 586 g/mol. The fourth-order valence-electron chi connectivity index (χ4n) is 5.78. The van der Waals surface area contributed by atoms with E-state index in [9.17, 15) is 18.3 Å². The Bertz CT molecular complexity index is 1740. The number of nitrogens with zero attached hydrogens (tertiary/aromatic N) is 3. The van der Waals surface area contributed by atoms with Gasteiger partial charge in [0, 0.05) is 11.0 Å². The van der Waals surface area contributed by atoms with Gasteiger partial charge in [0.1, 0.15) is 22.5 Å². The molecule has 0 aliphatic heterocycles. The lowest BCUT2D eigenvalue weighted by Gasteiger charge is -2.32. The molecule has 5 aromatic rings. The number of phenols is 1. The Balaban J connectivity index is 1.66. The van der Waals surface area contributed by atoms with Gasteiger partial charge < -0.3 is 5.11 Å². The molecule has 0 bridgehead atoms. The lowest BCUT2D eigenvalue weighted by atomic mass is 9.73. The number of fused-ring (bicyclic) bond motifs is 1. The quantitative estimate of drug-likeness (QED) is 0.175. The van der Waals surface area contributed by atoms with Crippen LogP contribution in [0, 0.1) is 0 Å². The van der Waals surface area contributed by atoms with Crippen molar-refractivity contribution in [2.24, 2.45) is 0 Å². The zero-order valence-electron chi connectivity index (χ0n) is 25.3. The van der Waals surface area contributed by atoms with Crippen molar-refractivity contribution in [3.63, 3.8) is 0 Å². The second-order valence-electron chi connectivity index (χ2n) is 12.5. The largest absolute Gasteiger partial charge is 0.505 e. The van der Waals surface area contributed by atoms with Crippen LogP contribution in [0.15, 0.2) is 84.9 Å². The minimum absolute atomic E-state index is 0.0740. The SMILES string of the molecule is CCCCCC(C)(C)c1cc(-n2nc3ccc(-c4ccccc4C(F)(F)F)cc3n2)c(O)c(C(C)(C)c2ccccc2)c1. The Morgan fingerprint density at radius 3 is 2.09 bits per heavy atom. The Kier molecular flexibility index (Phi) is 8.12. The van der Waals surface area contributed by atoms with Crippen molar-refractivity contribution in [2.45, 2.75) is 77.3 Å². The fraction of sp³-hybridized carbons (Fsp3) is 0.333. The number of unbranched alkanes of at least 4 members (excludes halogenated alkanes) is 2. The molecule has 4 aromatic carbocycles. The van der Waals surface area contributed by atoms with Gasteiger partial charge in [-0.15, -0.1) is 15.0 Å². The van der Waals surface area contributed by atoms with E-state index < -0.39 is 17.2 Å². The number of hydrogen-bond acceptors (Lipinski definition) is 3. The molecule has 4 nitrogen and oxygen atoms in total. The van der Waals surface area contributed by atoms with Gasteiger partial charge in [0.25, 0.3) is 0 Å². The summed E-state index contributed by atoms with van der Waals surface area (Å²) in [6, 6.07) is 24.5. The lowest BCUT2D eigenvalue weighted by molar-refractivity contribution is -0.137. The van der Waals surface area contributed by atoms with Gasteiger partial charge in [-0.1, -0.05) is 115 Å². The van der Waals surface area contributed by atoms with Crippen LogP contribution in [0.25, 0.3) is 27.8 Å². The van der Waals surface area contributed by atoms with E-state index in [1.165, 1.54) is 16.9 Å². The maximum atomic E-state index is 13.7. The number of alkyl halides is 3. The first-order valence-corrected chi connectivity index (χ1v) is 14.8. The van der Waals surface area contributed by atoms with Crippen molar-refractivity contribution in [1.29, 1.82) is 0 Å². The molecule has 0 aliphatic carbocycles. The molecule has 7 heteroatoms. The smallest absolute Gasteiger partial charge is 0.417 e. The molecule has 0 spiro atoms. The predicted octanol–water partition coefficient (Wildman–Crippen LogP) is 10.00. The molecule has 0 amide bonds. The number of aromatic hydroxyl groups is 1. The first-order chi connectivity index (χ1) is 20.3. The third-order valence-corrected chi connectivity index (χ3v) is 8.58. The minimum atomic E-state index is -4.48. The first-order valence-electron chi connectivity index (χ1n) is 14.8. The molecule has 1 aromatic heterocycles. The van der Waals surface area contributed by atoms with Crippen LogP contribution in [0.2, 0.25) is 0 Å². The molecule has 1 heterocycles. The summed E-state index contributed by atoms with van der Waals surface area (Å²) in [5.74, 6) is 0.0740. The summed E-state index contributed by atoms with van der Waals surface area (Å²) in [5, 5.41) is 21.1. The van der Waals surface area contributed by atoms with Crippen molar-refractivity contribution in [3.05, 3.63) is 107 Å². The van der Waals surface area contributed by atoms with E-state index in [0.717, 1.165) is 48.4 Å². The predicted molar refractivity (Wildman–Crippen MR) is 167 cm³/mol. The molecule has 5 rings (SSSR count). The summed E-state index contributed by atoms with van der Waals surface area (Å²) in [5.41, 5.74) is 3.34. The maximum Gasteiger partial charge on any atom is 0.417 e. The Morgan fingerprint density at radius 2 is 1.40 bits per heavy atom. The number of halogens is 3. The molecule has 1 N–H and O–H groups in total. The van der Waals surface area contributed by atoms with Crippen LogP contribution in [0.5, 0.6) is 5.75 Å². The van der Waals surface area contributed by atoms with Gasteiger partial charge >= 0.3 is 6.18 Å². The Labute approximate surface area is 251 Å². The molecule has 43 heavy (non-hydrogen) atoms. The lowest BCUT2D eigenvalue weighted by Crippen LogP contribution is -2.23. The van der Waals surface area contributed by atoms with Crippen molar-refractivity contribution in [2.75, 3.05) is 0 Å². The van der Waals surface area contributed by atoms with Crippen LogP contribution in [-0.4, -0.2) is 20.1 Å². The van der Waals surface area contributed by atoms with E-state index in [0.29, 0.717) is 22.3 Å². The number of benzene rings is 4. The van der Waals surface area contributed by atoms with Crippen LogP contribution in [0.3, 0.4) is 0 Å². The molecule has 0 saturated heterocycles. The number of aromatic nitrogens is 3. The summed E-state index contributed by atoms with van der Waals surface area (Å²) >= 11 is 0. The normalized spacial score (nSPS) is 12.7. The third-order valence-electron chi connectivity index (χ3n) is 8.58. The van der Waals surface area contributed by atoms with Gasteiger partial charge in [0.05, 0.1) is 5.56 Å². The van der Waals surface area contributed by atoms with Gasteiger partial charge in [-0.05, 0) is 58.4 Å². The van der Waals surface area contributed by atoms with Crippen LogP contribution in [0.1, 0.15) is 82.6 Å². The molecule has 0 atom stereocenters. The van der Waals surface area contributed by atoms with Crippen molar-refractivity contribution in [1.82, 2.24) is 15.0 Å². The van der Waals surface area contributed by atoms with Gasteiger partial charge in [-0.2, -0.15) is 13.2 Å². The van der Waals surface area contributed by atoms with Crippen molar-refractivity contribution >= 4 is 11.0 Å². The molecule has 0 aliphatic rings. The maximum absolute atomic E-state index is 13.7. The van der Waals surface area contributed by atoms with Crippen molar-refractivity contribution in [3.8, 4) is 22.6 Å². The van der Waals surface area contributed by atoms with Gasteiger partial charge in [0.2, 0.25) is 0 Å². The molecule has 0 saturated carbocycles. The van der Waals surface area contributed by atoms with Crippen LogP contribution >= 0.6 is 0 Å². The average Bonchev–Trinajstić information content (AvgIpc) is 3.40. The highest BCUT2D eigenvalue weighted by atomic mass is 19.4. The van der Waals surface area contributed by atoms with Crippen LogP contribution in [-0.2, 0) is 17.0 Å². The molecular formula is C36H38F3N3O. The molecule has 224 valence electrons. The molecular weight excluding hydrogens is 547 g/mol. The molecule has 0 fully saturated rings. The van der Waals surface area contributed by atoms with E-state index in [4.69, 9.17) is 0 Å². The van der Waals surface area contributed by atoms with E-state index in [1.54, 1.807) is 24.3 Å². The number of rotatable bonds is 9. The van der Waals surface area contributed by atoms with E-state index in [-0.39, 0.29) is 16.7 Å². The summed E-state index contributed by atoms with van der Waals surface area (Å²) < 4.78 is 41.2. The van der Waals surface area contributed by atoms with Crippen LogP contribution < -0.4 is 0 Å². The van der Waals surface area contributed by atoms with Gasteiger partial charge in [-0.25, -0.2) is 0 Å². The highest BCUT2D eigenvalue weighted by molar-refractivity contribution is 5.82. The summed E-state index contributed by atoms with van der Waals surface area (Å²) in [4.78, 5) is 1.41. The topological polar surface area (TPSA) is 50.9 Å². The first kappa shape index (κ1) is 30.3. The highest BCUT2D eigenvalue weighted by Crippen LogP contribution is 2.44. The summed E-state index contributed by atoms with van der Waals surface area (Å²) in [6.07, 6.45) is -0.151. The second kappa shape index (κ2) is 11.5. The highest BCUT2D eigenvalue weighted by Gasteiger charge is 2.34. The monoisotopic (exact) mass is 585 g/mol. The minimum Gasteiger partial charge on any atom is -0.505 e. The van der Waals surface area contributed by atoms with E-state index >= 15 is 0 Å². The standard InChI is InChI=1S/C36H38F3N3O/c1-6-7-13-20-34(2,3)26-22-29(35(4,5)25-14-9-8-10-15-25)33(43)32(23-26)42-40-30-19-18-24(21-31(30)41-42)27-16-11-12-17-28(27)36(37,38)39/h8-12,14-19,21-23,43H,6-7,13,20H2,1-5H3. The zero-order chi connectivity index (χ0) is 31.0.